The zero-order valence-electron chi connectivity index (χ0n) is 18.9. The molecule has 3 aliphatic rings. The van der Waals surface area contributed by atoms with E-state index in [-0.39, 0.29) is 6.42 Å². The number of imide groups is 2. The molecule has 176 valence electrons. The summed E-state index contributed by atoms with van der Waals surface area (Å²) in [6.07, 6.45) is 0.222. The molecule has 0 unspecified atom stereocenters. The molecule has 3 heterocycles. The van der Waals surface area contributed by atoms with Crippen molar-refractivity contribution in [1.82, 2.24) is 5.32 Å². The molecule has 6 rings (SSSR count). The normalized spacial score (nSPS) is 23.7. The van der Waals surface area contributed by atoms with Gasteiger partial charge in [-0.15, -0.1) is 0 Å². The van der Waals surface area contributed by atoms with E-state index < -0.39 is 29.3 Å². The van der Waals surface area contributed by atoms with Gasteiger partial charge in [0.2, 0.25) is 5.91 Å². The van der Waals surface area contributed by atoms with Crippen LogP contribution in [0.5, 0.6) is 0 Å². The lowest BCUT2D eigenvalue weighted by Crippen LogP contribution is -2.75. The summed E-state index contributed by atoms with van der Waals surface area (Å²) in [6.45, 7) is 1.80. The zero-order chi connectivity index (χ0) is 24.2. The lowest BCUT2D eigenvalue weighted by Gasteiger charge is -2.55. The predicted molar refractivity (Wildman–Crippen MR) is 135 cm³/mol. The molecule has 0 radical (unpaired) electrons. The van der Waals surface area contributed by atoms with E-state index in [1.807, 2.05) is 54.6 Å². The first kappa shape index (κ1) is 21.7. The van der Waals surface area contributed by atoms with Gasteiger partial charge >= 0.3 is 6.03 Å². The molecule has 0 bridgehead atoms. The number of barbiturate groups is 1. The average molecular weight is 487 g/mol. The number of para-hydroxylation sites is 2. The highest BCUT2D eigenvalue weighted by Gasteiger charge is 2.63. The summed E-state index contributed by atoms with van der Waals surface area (Å²) in [6, 6.07) is 23.1. The lowest BCUT2D eigenvalue weighted by molar-refractivity contribution is -0.144. The van der Waals surface area contributed by atoms with Crippen molar-refractivity contribution in [2.24, 2.45) is 5.41 Å². The number of piperazine rings is 1. The van der Waals surface area contributed by atoms with E-state index in [4.69, 9.17) is 11.6 Å². The van der Waals surface area contributed by atoms with Crippen LogP contribution in [0.25, 0.3) is 0 Å². The minimum atomic E-state index is -1.46. The highest BCUT2D eigenvalue weighted by atomic mass is 35.5. The topological polar surface area (TPSA) is 73.0 Å². The van der Waals surface area contributed by atoms with E-state index in [2.05, 4.69) is 15.1 Å². The Morgan fingerprint density at radius 3 is 2.31 bits per heavy atom. The molecule has 35 heavy (non-hydrogen) atoms. The molecule has 0 aliphatic carbocycles. The highest BCUT2D eigenvalue weighted by Crippen LogP contribution is 2.46. The monoisotopic (exact) mass is 486 g/mol. The maximum absolute atomic E-state index is 14.3. The summed E-state index contributed by atoms with van der Waals surface area (Å²) in [5.74, 6) is -1.03. The SMILES string of the molecule is O=C1NC(=O)[C@@]2(Cc3ccccc3N3CCN(c4ccc(Cl)cc4)C[C@H]32)C(=O)N1c1ccccc1. The van der Waals surface area contributed by atoms with Gasteiger partial charge < -0.3 is 9.80 Å². The van der Waals surface area contributed by atoms with Gasteiger partial charge in [0.1, 0.15) is 0 Å². The van der Waals surface area contributed by atoms with E-state index in [1.54, 1.807) is 24.3 Å². The van der Waals surface area contributed by atoms with Gasteiger partial charge in [-0.05, 0) is 54.4 Å². The van der Waals surface area contributed by atoms with Crippen molar-refractivity contribution in [2.75, 3.05) is 34.3 Å². The largest absolute Gasteiger partial charge is 0.368 e. The van der Waals surface area contributed by atoms with Crippen LogP contribution in [-0.4, -0.2) is 43.5 Å². The van der Waals surface area contributed by atoms with Crippen molar-refractivity contribution < 1.29 is 14.4 Å². The molecule has 2 atom stereocenters. The van der Waals surface area contributed by atoms with Crippen LogP contribution < -0.4 is 20.0 Å². The molecule has 1 spiro atoms. The van der Waals surface area contributed by atoms with E-state index in [0.29, 0.717) is 23.8 Å². The van der Waals surface area contributed by atoms with Crippen LogP contribution in [0.4, 0.5) is 21.9 Å². The van der Waals surface area contributed by atoms with Gasteiger partial charge in [0, 0.05) is 36.0 Å². The van der Waals surface area contributed by atoms with Crippen molar-refractivity contribution in [2.45, 2.75) is 12.5 Å². The van der Waals surface area contributed by atoms with Crippen molar-refractivity contribution in [3.8, 4) is 0 Å². The van der Waals surface area contributed by atoms with Crippen LogP contribution in [-0.2, 0) is 16.0 Å². The average Bonchev–Trinajstić information content (AvgIpc) is 2.88. The van der Waals surface area contributed by atoms with Gasteiger partial charge in [-0.3, -0.25) is 14.9 Å². The van der Waals surface area contributed by atoms with E-state index >= 15 is 0 Å². The third kappa shape index (κ3) is 3.30. The third-order valence-corrected chi connectivity index (χ3v) is 7.59. The summed E-state index contributed by atoms with van der Waals surface area (Å²) >= 11 is 6.10. The number of halogens is 1. The standard InChI is InChI=1S/C27H23ClN4O3/c28-19-10-12-20(13-11-19)30-14-15-31-22-9-5-4-6-18(22)16-27(23(31)17-30)24(33)29-26(35)32(25(27)34)21-7-2-1-3-8-21/h1-13,23H,14-17H2,(H,29,33,35)/t23-,27-/m0/s1. The lowest BCUT2D eigenvalue weighted by atomic mass is 9.67. The molecular formula is C27H23ClN4O3. The van der Waals surface area contributed by atoms with Crippen LogP contribution in [0.15, 0.2) is 78.9 Å². The molecule has 3 aromatic carbocycles. The van der Waals surface area contributed by atoms with Crippen LogP contribution in [0, 0.1) is 5.41 Å². The quantitative estimate of drug-likeness (QED) is 0.557. The molecule has 7 nitrogen and oxygen atoms in total. The van der Waals surface area contributed by atoms with Crippen molar-refractivity contribution in [3.05, 3.63) is 89.4 Å². The molecule has 4 amide bonds. The number of urea groups is 1. The number of fused-ring (bicyclic) bond motifs is 4. The van der Waals surface area contributed by atoms with Crippen molar-refractivity contribution in [3.63, 3.8) is 0 Å². The second-order valence-corrected chi connectivity index (χ2v) is 9.58. The Labute approximate surface area is 207 Å². The summed E-state index contributed by atoms with van der Waals surface area (Å²) in [5, 5.41) is 3.16. The number of carbonyl (C=O) groups excluding carboxylic acids is 3. The second kappa shape index (κ2) is 8.13. The maximum atomic E-state index is 14.3. The number of amides is 4. The molecule has 3 aromatic rings. The minimum Gasteiger partial charge on any atom is -0.368 e. The molecule has 0 saturated carbocycles. The van der Waals surface area contributed by atoms with Crippen molar-refractivity contribution >= 4 is 46.5 Å². The molecule has 3 aliphatic heterocycles. The smallest absolute Gasteiger partial charge is 0.335 e. The van der Waals surface area contributed by atoms with Gasteiger partial charge in [-0.25, -0.2) is 9.69 Å². The number of rotatable bonds is 2. The van der Waals surface area contributed by atoms with Crippen LogP contribution in [0.1, 0.15) is 5.56 Å². The number of carbonyl (C=O) groups is 3. The Bertz CT molecular complexity index is 1330. The summed E-state index contributed by atoms with van der Waals surface area (Å²) in [4.78, 5) is 46.3. The molecule has 2 fully saturated rings. The van der Waals surface area contributed by atoms with Gasteiger partial charge in [0.15, 0.2) is 5.41 Å². The summed E-state index contributed by atoms with van der Waals surface area (Å²) in [5.41, 5.74) is 1.92. The number of nitrogens with one attached hydrogen (secondary N) is 1. The Morgan fingerprint density at radius 1 is 0.829 bits per heavy atom. The second-order valence-electron chi connectivity index (χ2n) is 9.14. The van der Waals surface area contributed by atoms with Crippen LogP contribution in [0.2, 0.25) is 5.02 Å². The first-order valence-corrected chi connectivity index (χ1v) is 12.0. The Kier molecular flexibility index (Phi) is 5.04. The van der Waals surface area contributed by atoms with Gasteiger partial charge in [-0.2, -0.15) is 0 Å². The minimum absolute atomic E-state index is 0.222. The Hall–Kier alpha value is -3.84. The van der Waals surface area contributed by atoms with E-state index in [0.717, 1.165) is 28.4 Å². The fraction of sp³-hybridized carbons (Fsp3) is 0.222. The first-order valence-electron chi connectivity index (χ1n) is 11.6. The molecule has 1 N–H and O–H groups in total. The number of benzene rings is 3. The number of nitrogens with zero attached hydrogens (tertiary/aromatic N) is 3. The van der Waals surface area contributed by atoms with E-state index in [9.17, 15) is 14.4 Å². The van der Waals surface area contributed by atoms with Gasteiger partial charge in [-0.1, -0.05) is 48.0 Å². The zero-order valence-corrected chi connectivity index (χ0v) is 19.6. The van der Waals surface area contributed by atoms with Gasteiger partial charge in [0.05, 0.1) is 11.7 Å². The predicted octanol–water partition coefficient (Wildman–Crippen LogP) is 3.86. The summed E-state index contributed by atoms with van der Waals surface area (Å²) in [7, 11) is 0. The molecule has 2 saturated heterocycles. The number of anilines is 3. The summed E-state index contributed by atoms with van der Waals surface area (Å²) < 4.78 is 0. The third-order valence-electron chi connectivity index (χ3n) is 7.34. The van der Waals surface area contributed by atoms with Crippen LogP contribution >= 0.6 is 11.6 Å². The highest BCUT2D eigenvalue weighted by molar-refractivity contribution is 6.31. The fourth-order valence-electron chi connectivity index (χ4n) is 5.65. The van der Waals surface area contributed by atoms with Crippen molar-refractivity contribution in [1.29, 1.82) is 0 Å². The fourth-order valence-corrected chi connectivity index (χ4v) is 5.78. The molecule has 0 aromatic heterocycles. The first-order chi connectivity index (χ1) is 17.0. The maximum Gasteiger partial charge on any atom is 0.335 e. The Morgan fingerprint density at radius 2 is 1.54 bits per heavy atom. The Balaban J connectivity index is 1.48. The number of hydrogen-bond donors (Lipinski definition) is 1. The van der Waals surface area contributed by atoms with E-state index in [1.165, 1.54) is 0 Å². The van der Waals surface area contributed by atoms with Gasteiger partial charge in [0.25, 0.3) is 5.91 Å². The van der Waals surface area contributed by atoms with Crippen LogP contribution in [0.3, 0.4) is 0 Å². The molecule has 8 heteroatoms. The molecular weight excluding hydrogens is 464 g/mol. The number of hydrogen-bond acceptors (Lipinski definition) is 5.